The molecule has 0 unspecified atom stereocenters. The number of ether oxygens (including phenoxy) is 1. The number of rotatable bonds is 8. The Morgan fingerprint density at radius 2 is 1.77 bits per heavy atom. The fraction of sp³-hybridized carbons (Fsp3) is 0.0500. The summed E-state index contributed by atoms with van der Waals surface area (Å²) < 4.78 is 33.6. The number of nitro groups is 1. The normalized spacial score (nSPS) is 11.3. The van der Waals surface area contributed by atoms with E-state index < -0.39 is 20.6 Å². The fourth-order valence-corrected chi connectivity index (χ4v) is 3.85. The van der Waals surface area contributed by atoms with E-state index in [1.165, 1.54) is 43.7 Å². The van der Waals surface area contributed by atoms with Gasteiger partial charge in [-0.1, -0.05) is 12.1 Å². The fourth-order valence-electron chi connectivity index (χ4n) is 2.60. The van der Waals surface area contributed by atoms with E-state index in [0.29, 0.717) is 5.56 Å². The van der Waals surface area contributed by atoms with Crippen LogP contribution in [0.4, 0.5) is 17.1 Å². The van der Waals surface area contributed by atoms with Gasteiger partial charge in [0.05, 0.1) is 29.6 Å². The van der Waals surface area contributed by atoms with Crippen molar-refractivity contribution in [2.24, 2.45) is 5.10 Å². The molecule has 11 heteroatoms. The van der Waals surface area contributed by atoms with Crippen LogP contribution in [-0.2, 0) is 10.0 Å². The molecule has 3 aromatic carbocycles. The van der Waals surface area contributed by atoms with Crippen LogP contribution in [0.25, 0.3) is 0 Å². The number of methoxy groups -OCH3 is 1. The number of anilines is 2. The lowest BCUT2D eigenvalue weighted by Crippen LogP contribution is -2.15. The van der Waals surface area contributed by atoms with Gasteiger partial charge in [0.15, 0.2) is 0 Å². The lowest BCUT2D eigenvalue weighted by molar-refractivity contribution is -0.385. The van der Waals surface area contributed by atoms with Crippen LogP contribution in [-0.4, -0.2) is 31.8 Å². The molecular weight excluding hydrogens is 424 g/mol. The van der Waals surface area contributed by atoms with Crippen molar-refractivity contribution in [3.05, 3.63) is 82.4 Å². The highest BCUT2D eigenvalue weighted by molar-refractivity contribution is 7.93. The van der Waals surface area contributed by atoms with Crippen molar-refractivity contribution < 1.29 is 23.2 Å². The van der Waals surface area contributed by atoms with Crippen LogP contribution >= 0.6 is 0 Å². The standard InChI is InChI=1S/C20H18N4O6S/c1-30-19-5-3-2-4-17(19)23-31(28,29)20-12-15(24(26)27)8-11-18(20)22-21-13-14-6-9-16(25)10-7-14/h2-13,22-23,25H,1H3. The average molecular weight is 442 g/mol. The van der Waals surface area contributed by atoms with E-state index in [9.17, 15) is 23.6 Å². The second-order valence-electron chi connectivity index (χ2n) is 6.20. The van der Waals surface area contributed by atoms with Crippen molar-refractivity contribution >= 4 is 33.3 Å². The van der Waals surface area contributed by atoms with Gasteiger partial charge in [0.1, 0.15) is 16.4 Å². The van der Waals surface area contributed by atoms with Crippen molar-refractivity contribution in [3.8, 4) is 11.5 Å². The zero-order valence-corrected chi connectivity index (χ0v) is 17.0. The topological polar surface area (TPSA) is 143 Å². The molecule has 0 aliphatic rings. The second-order valence-corrected chi connectivity index (χ2v) is 7.86. The Morgan fingerprint density at radius 3 is 2.45 bits per heavy atom. The first-order chi connectivity index (χ1) is 14.8. The minimum Gasteiger partial charge on any atom is -0.508 e. The molecule has 3 rings (SSSR count). The number of benzene rings is 3. The molecule has 3 aromatic rings. The number of hydrazone groups is 1. The number of para-hydroxylation sites is 2. The highest BCUT2D eigenvalue weighted by Gasteiger charge is 2.23. The van der Waals surface area contributed by atoms with Crippen LogP contribution in [0, 0.1) is 10.1 Å². The van der Waals surface area contributed by atoms with Crippen LogP contribution < -0.4 is 14.9 Å². The number of hydrogen-bond donors (Lipinski definition) is 3. The van der Waals surface area contributed by atoms with E-state index in [2.05, 4.69) is 15.2 Å². The number of phenolic OH excluding ortho intramolecular Hbond substituents is 1. The molecule has 0 atom stereocenters. The lowest BCUT2D eigenvalue weighted by atomic mass is 10.2. The van der Waals surface area contributed by atoms with E-state index in [0.717, 1.165) is 6.07 Å². The van der Waals surface area contributed by atoms with E-state index in [1.54, 1.807) is 30.3 Å². The molecule has 0 aliphatic carbocycles. The van der Waals surface area contributed by atoms with Gasteiger partial charge < -0.3 is 9.84 Å². The molecule has 0 spiro atoms. The first-order valence-electron chi connectivity index (χ1n) is 8.82. The number of sulfonamides is 1. The van der Waals surface area contributed by atoms with Gasteiger partial charge in [-0.25, -0.2) is 8.42 Å². The predicted molar refractivity (Wildman–Crippen MR) is 116 cm³/mol. The van der Waals surface area contributed by atoms with Gasteiger partial charge in [0.25, 0.3) is 15.7 Å². The minimum absolute atomic E-state index is 0.0306. The lowest BCUT2D eigenvalue weighted by Gasteiger charge is -2.14. The number of nitrogens with one attached hydrogen (secondary N) is 2. The number of nitrogens with zero attached hydrogens (tertiary/aromatic N) is 2. The predicted octanol–water partition coefficient (Wildman–Crippen LogP) is 3.56. The SMILES string of the molecule is COc1ccccc1NS(=O)(=O)c1cc([N+](=O)[O-])ccc1NN=Cc1ccc(O)cc1. The molecule has 0 saturated carbocycles. The molecule has 0 saturated heterocycles. The van der Waals surface area contributed by atoms with Gasteiger partial charge in [-0.2, -0.15) is 5.10 Å². The molecule has 0 radical (unpaired) electrons. The van der Waals surface area contributed by atoms with Crippen molar-refractivity contribution in [2.45, 2.75) is 4.90 Å². The van der Waals surface area contributed by atoms with E-state index in [4.69, 9.17) is 4.74 Å². The van der Waals surface area contributed by atoms with Crippen LogP contribution in [0.3, 0.4) is 0 Å². The quantitative estimate of drug-likeness (QED) is 0.275. The smallest absolute Gasteiger partial charge is 0.270 e. The summed E-state index contributed by atoms with van der Waals surface area (Å²) in [6.07, 6.45) is 1.41. The Bertz CT molecular complexity index is 1230. The highest BCUT2D eigenvalue weighted by Crippen LogP contribution is 2.31. The molecular formula is C20H18N4O6S. The monoisotopic (exact) mass is 442 g/mol. The third kappa shape index (κ3) is 5.28. The highest BCUT2D eigenvalue weighted by atomic mass is 32.2. The number of phenols is 1. The minimum atomic E-state index is -4.24. The Labute approximate surface area is 178 Å². The summed E-state index contributed by atoms with van der Waals surface area (Å²) in [5.41, 5.74) is 3.05. The van der Waals surface area contributed by atoms with Gasteiger partial charge >= 0.3 is 0 Å². The maximum absolute atomic E-state index is 13.0. The largest absolute Gasteiger partial charge is 0.508 e. The number of non-ortho nitro benzene ring substituents is 1. The Kier molecular flexibility index (Phi) is 6.36. The maximum Gasteiger partial charge on any atom is 0.270 e. The Hall–Kier alpha value is -4.12. The molecule has 31 heavy (non-hydrogen) atoms. The first kappa shape index (κ1) is 21.6. The van der Waals surface area contributed by atoms with Crippen LogP contribution in [0.15, 0.2) is 76.7 Å². The first-order valence-corrected chi connectivity index (χ1v) is 10.3. The van der Waals surface area contributed by atoms with Crippen LogP contribution in [0.1, 0.15) is 5.56 Å². The maximum atomic E-state index is 13.0. The number of nitro benzene ring substituents is 1. The van der Waals surface area contributed by atoms with E-state index >= 15 is 0 Å². The molecule has 160 valence electrons. The number of aromatic hydroxyl groups is 1. The molecule has 0 amide bonds. The summed E-state index contributed by atoms with van der Waals surface area (Å²) in [5, 5.41) is 24.5. The van der Waals surface area contributed by atoms with Gasteiger partial charge in [-0.3, -0.25) is 20.3 Å². The van der Waals surface area contributed by atoms with Gasteiger partial charge in [-0.15, -0.1) is 0 Å². The summed E-state index contributed by atoms with van der Waals surface area (Å²) in [6.45, 7) is 0. The zero-order valence-electron chi connectivity index (χ0n) is 16.2. The molecule has 3 N–H and O–H groups in total. The summed E-state index contributed by atoms with van der Waals surface area (Å²) in [5.74, 6) is 0.382. The van der Waals surface area contributed by atoms with Crippen molar-refractivity contribution in [3.63, 3.8) is 0 Å². The number of hydrogen-bond acceptors (Lipinski definition) is 8. The molecule has 10 nitrogen and oxygen atoms in total. The second kappa shape index (κ2) is 9.13. The van der Waals surface area contributed by atoms with Crippen molar-refractivity contribution in [2.75, 3.05) is 17.3 Å². The van der Waals surface area contributed by atoms with Gasteiger partial charge in [0, 0.05) is 12.1 Å². The van der Waals surface area contributed by atoms with Crippen molar-refractivity contribution in [1.29, 1.82) is 0 Å². The van der Waals surface area contributed by atoms with Crippen LogP contribution in [0.5, 0.6) is 11.5 Å². The molecule has 0 aromatic heterocycles. The molecule has 0 aliphatic heterocycles. The summed E-state index contributed by atoms with van der Waals surface area (Å²) >= 11 is 0. The summed E-state index contributed by atoms with van der Waals surface area (Å²) in [7, 11) is -2.84. The zero-order chi connectivity index (χ0) is 22.4. The third-order valence-corrected chi connectivity index (χ3v) is 5.51. The molecule has 0 bridgehead atoms. The van der Waals surface area contributed by atoms with Crippen LogP contribution in [0.2, 0.25) is 0 Å². The van der Waals surface area contributed by atoms with Crippen molar-refractivity contribution in [1.82, 2.24) is 0 Å². The van der Waals surface area contributed by atoms with Gasteiger partial charge in [-0.05, 0) is 48.0 Å². The summed E-state index contributed by atoms with van der Waals surface area (Å²) in [6, 6.07) is 15.9. The molecule has 0 fully saturated rings. The third-order valence-electron chi connectivity index (χ3n) is 4.11. The van der Waals surface area contributed by atoms with E-state index in [1.807, 2.05) is 0 Å². The summed E-state index contributed by atoms with van der Waals surface area (Å²) in [4.78, 5) is 10.1. The average Bonchev–Trinajstić information content (AvgIpc) is 2.75. The van der Waals surface area contributed by atoms with E-state index in [-0.39, 0.29) is 27.8 Å². The Morgan fingerprint density at radius 1 is 1.06 bits per heavy atom. The molecule has 0 heterocycles. The Balaban J connectivity index is 1.95. The van der Waals surface area contributed by atoms with Gasteiger partial charge in [0.2, 0.25) is 0 Å².